The number of rotatable bonds is 3. The van der Waals surface area contributed by atoms with Crippen LogP contribution in [0.2, 0.25) is 0 Å². The van der Waals surface area contributed by atoms with Crippen molar-refractivity contribution in [1.29, 1.82) is 0 Å². The van der Waals surface area contributed by atoms with E-state index in [1.54, 1.807) is 6.42 Å². The van der Waals surface area contributed by atoms with Gasteiger partial charge in [-0.05, 0) is 31.1 Å². The summed E-state index contributed by atoms with van der Waals surface area (Å²) in [6.45, 7) is 8.46. The molecule has 3 aliphatic rings. The quantitative estimate of drug-likeness (QED) is 0.476. The summed E-state index contributed by atoms with van der Waals surface area (Å²) in [5.41, 5.74) is 0. The summed E-state index contributed by atoms with van der Waals surface area (Å²) >= 11 is 0. The molecule has 0 aromatic rings. The first-order valence-electron chi connectivity index (χ1n) is 7.79. The molecule has 2 bridgehead atoms. The molecule has 18 heavy (non-hydrogen) atoms. The van der Waals surface area contributed by atoms with Gasteiger partial charge in [0.25, 0.3) is 0 Å². The molecule has 1 saturated carbocycles. The summed E-state index contributed by atoms with van der Waals surface area (Å²) in [4.78, 5) is 2.79. The molecule has 2 atom stereocenters. The van der Waals surface area contributed by atoms with Crippen molar-refractivity contribution in [1.82, 2.24) is 4.90 Å². The van der Waals surface area contributed by atoms with Crippen LogP contribution in [0.15, 0.2) is 0 Å². The third-order valence-corrected chi connectivity index (χ3v) is 5.53. The van der Waals surface area contributed by atoms with Crippen LogP contribution in [0.3, 0.4) is 0 Å². The zero-order valence-corrected chi connectivity index (χ0v) is 14.1. The van der Waals surface area contributed by atoms with Crippen LogP contribution >= 0.6 is 0 Å². The molecule has 106 valence electrons. The van der Waals surface area contributed by atoms with Crippen molar-refractivity contribution >= 4 is 0 Å². The molecule has 0 amide bonds. The van der Waals surface area contributed by atoms with Gasteiger partial charge in [-0.15, -0.1) is 0 Å². The van der Waals surface area contributed by atoms with Crippen molar-refractivity contribution in [2.24, 2.45) is 11.8 Å². The monoisotopic (exact) mass is 364 g/mol. The van der Waals surface area contributed by atoms with Gasteiger partial charge in [-0.1, -0.05) is 6.42 Å². The average molecular weight is 364 g/mol. The topological polar surface area (TPSA) is 3.24 Å². The van der Waals surface area contributed by atoms with E-state index in [2.05, 4.69) is 11.9 Å². The van der Waals surface area contributed by atoms with Gasteiger partial charge in [0.15, 0.2) is 0 Å². The Hall–Kier alpha value is 0.650. The van der Waals surface area contributed by atoms with E-state index in [1.807, 2.05) is 0 Å². The Morgan fingerprint density at radius 3 is 2.22 bits per heavy atom. The molecule has 2 aliphatic heterocycles. The van der Waals surface area contributed by atoms with Crippen LogP contribution in [0.5, 0.6) is 0 Å². The molecule has 2 unspecified atom stereocenters. The van der Waals surface area contributed by atoms with Crippen LogP contribution in [0.1, 0.15) is 38.5 Å². The summed E-state index contributed by atoms with van der Waals surface area (Å²) in [6.07, 6.45) is 9.00. The van der Waals surface area contributed by atoms with Gasteiger partial charge in [0.05, 0.1) is 26.7 Å². The maximum absolute atomic E-state index is 2.79. The normalized spacial score (nSPS) is 35.2. The number of likely N-dealkylation sites (N-methyl/N-ethyl adjacent to an activating group) is 1. The van der Waals surface area contributed by atoms with Crippen LogP contribution in [0, 0.1) is 11.8 Å². The molecule has 2 heterocycles. The van der Waals surface area contributed by atoms with E-state index in [1.165, 1.54) is 75.9 Å². The predicted molar refractivity (Wildman–Crippen MR) is 71.9 cm³/mol. The first kappa shape index (κ1) is 15.0. The molecule has 0 aromatic heterocycles. The van der Waals surface area contributed by atoms with Crippen molar-refractivity contribution < 1.29 is 28.5 Å². The van der Waals surface area contributed by atoms with Crippen molar-refractivity contribution in [3.8, 4) is 0 Å². The van der Waals surface area contributed by atoms with Crippen LogP contribution in [-0.2, 0) is 0 Å². The molecule has 1 aliphatic carbocycles. The second kappa shape index (κ2) is 6.40. The second-order valence-electron chi connectivity index (χ2n) is 7.16. The highest BCUT2D eigenvalue weighted by molar-refractivity contribution is 4.83. The van der Waals surface area contributed by atoms with E-state index in [9.17, 15) is 0 Å². The van der Waals surface area contributed by atoms with Gasteiger partial charge in [-0.25, -0.2) is 0 Å². The molecule has 3 heteroatoms. The Bertz CT molecular complexity index is 251. The van der Waals surface area contributed by atoms with Gasteiger partial charge in [0.2, 0.25) is 0 Å². The number of piperidine rings is 1. The van der Waals surface area contributed by atoms with Crippen molar-refractivity contribution in [3.63, 3.8) is 0 Å². The van der Waals surface area contributed by atoms with Crippen molar-refractivity contribution in [2.45, 2.75) is 38.5 Å². The van der Waals surface area contributed by atoms with E-state index < -0.39 is 0 Å². The van der Waals surface area contributed by atoms with Gasteiger partial charge in [-0.3, -0.25) is 4.90 Å². The van der Waals surface area contributed by atoms with E-state index in [4.69, 9.17) is 0 Å². The van der Waals surface area contributed by atoms with Crippen molar-refractivity contribution in [3.05, 3.63) is 0 Å². The lowest BCUT2D eigenvalue weighted by Gasteiger charge is -2.42. The summed E-state index contributed by atoms with van der Waals surface area (Å²) in [5, 5.41) is 0. The molecule has 2 nitrogen and oxygen atoms in total. The van der Waals surface area contributed by atoms with Crippen LogP contribution < -0.4 is 24.0 Å². The first-order chi connectivity index (χ1) is 8.23. The van der Waals surface area contributed by atoms with Crippen LogP contribution in [-0.4, -0.2) is 55.7 Å². The van der Waals surface area contributed by atoms with Crippen LogP contribution in [0.25, 0.3) is 0 Å². The predicted octanol–water partition coefficient (Wildman–Crippen LogP) is -0.647. The lowest BCUT2D eigenvalue weighted by atomic mass is 9.78. The third-order valence-electron chi connectivity index (χ3n) is 5.53. The Labute approximate surface area is 130 Å². The van der Waals surface area contributed by atoms with E-state index in [-0.39, 0.29) is 24.0 Å². The fourth-order valence-electron chi connectivity index (χ4n) is 4.43. The molecule has 3 fully saturated rings. The molecular formula is C15H29IN2. The smallest absolute Gasteiger partial charge is 0.0913 e. The summed E-state index contributed by atoms with van der Waals surface area (Å²) in [7, 11) is 2.47. The number of quaternary nitrogens is 1. The highest BCUT2D eigenvalue weighted by atomic mass is 127. The molecule has 3 rings (SSSR count). The number of likely N-dealkylation sites (tertiary alicyclic amines) is 2. The van der Waals surface area contributed by atoms with E-state index >= 15 is 0 Å². The molecule has 0 aromatic carbocycles. The molecular weight excluding hydrogens is 335 g/mol. The Kier molecular flexibility index (Phi) is 5.35. The summed E-state index contributed by atoms with van der Waals surface area (Å²) in [5.74, 6) is 2.10. The highest BCUT2D eigenvalue weighted by Gasteiger charge is 2.32. The molecule has 0 N–H and O–H groups in total. The summed E-state index contributed by atoms with van der Waals surface area (Å²) in [6, 6.07) is 0. The SMILES string of the molecule is C[N+]1(CCN2CC3CCCC(C3)C2)CCCC1.[I-]. The largest absolute Gasteiger partial charge is 1.00 e. The minimum Gasteiger partial charge on any atom is -1.00 e. The Morgan fingerprint density at radius 1 is 1.00 bits per heavy atom. The number of hydrogen-bond donors (Lipinski definition) is 0. The van der Waals surface area contributed by atoms with E-state index in [0.29, 0.717) is 0 Å². The standard InChI is InChI=1S/C15H29N2.HI/c1-17(8-2-3-9-17)10-7-16-12-14-5-4-6-15(11-14)13-16;/h14-15H,2-13H2,1H3;1H/q+1;/p-1. The number of nitrogens with zero attached hydrogens (tertiary/aromatic N) is 2. The molecule has 0 radical (unpaired) electrons. The van der Waals surface area contributed by atoms with Gasteiger partial charge in [0.1, 0.15) is 0 Å². The third kappa shape index (κ3) is 3.60. The van der Waals surface area contributed by atoms with Crippen LogP contribution in [0.4, 0.5) is 0 Å². The molecule has 0 spiro atoms. The fourth-order valence-corrected chi connectivity index (χ4v) is 4.43. The first-order valence-corrected chi connectivity index (χ1v) is 7.79. The second-order valence-corrected chi connectivity index (χ2v) is 7.16. The van der Waals surface area contributed by atoms with Gasteiger partial charge in [0, 0.05) is 32.5 Å². The Morgan fingerprint density at radius 2 is 1.61 bits per heavy atom. The highest BCUT2D eigenvalue weighted by Crippen LogP contribution is 2.34. The minimum atomic E-state index is 0. The van der Waals surface area contributed by atoms with Gasteiger partial charge in [-0.2, -0.15) is 0 Å². The number of halogens is 1. The van der Waals surface area contributed by atoms with E-state index in [0.717, 1.165) is 11.8 Å². The minimum absolute atomic E-state index is 0. The molecule has 2 saturated heterocycles. The van der Waals surface area contributed by atoms with Gasteiger partial charge >= 0.3 is 0 Å². The lowest BCUT2D eigenvalue weighted by Crippen LogP contribution is -3.00. The number of hydrogen-bond acceptors (Lipinski definition) is 1. The number of fused-ring (bicyclic) bond motifs is 2. The van der Waals surface area contributed by atoms with Gasteiger partial charge < -0.3 is 28.5 Å². The van der Waals surface area contributed by atoms with Crippen molar-refractivity contribution in [2.75, 3.05) is 46.3 Å². The maximum atomic E-state index is 2.79. The zero-order chi connectivity index (χ0) is 11.7. The summed E-state index contributed by atoms with van der Waals surface area (Å²) < 4.78 is 1.35. The Balaban J connectivity index is 0.00000120. The maximum Gasteiger partial charge on any atom is 0.0913 e. The average Bonchev–Trinajstić information content (AvgIpc) is 2.74. The zero-order valence-electron chi connectivity index (χ0n) is 11.9. The lowest BCUT2D eigenvalue weighted by molar-refractivity contribution is -0.897. The fraction of sp³-hybridized carbons (Fsp3) is 1.00.